The first-order valence-electron chi connectivity index (χ1n) is 7.58. The van der Waals surface area contributed by atoms with Crippen LogP contribution in [0.15, 0.2) is 18.2 Å². The van der Waals surface area contributed by atoms with E-state index in [1.165, 1.54) is 18.6 Å². The van der Waals surface area contributed by atoms with Crippen LogP contribution >= 0.6 is 11.6 Å². The quantitative estimate of drug-likeness (QED) is 0.931. The lowest BCUT2D eigenvalue weighted by molar-refractivity contribution is -0.119. The van der Waals surface area contributed by atoms with Gasteiger partial charge in [-0.05, 0) is 43.1 Å². The minimum absolute atomic E-state index is 0.148. The maximum absolute atomic E-state index is 13.4. The molecule has 1 amide bonds. The molecule has 0 radical (unpaired) electrons. The molecule has 0 unspecified atom stereocenters. The average Bonchev–Trinajstić information content (AvgIpc) is 2.90. The van der Waals surface area contributed by atoms with Gasteiger partial charge in [-0.15, -0.1) is 0 Å². The molecule has 2 heterocycles. The average molecular weight is 311 g/mol. The van der Waals surface area contributed by atoms with Gasteiger partial charge >= 0.3 is 0 Å². The van der Waals surface area contributed by atoms with Crippen LogP contribution in [0.2, 0.25) is 5.02 Å². The van der Waals surface area contributed by atoms with Gasteiger partial charge in [-0.3, -0.25) is 9.69 Å². The Labute approximate surface area is 129 Å². The highest BCUT2D eigenvalue weighted by Crippen LogP contribution is 2.30. The Morgan fingerprint density at radius 1 is 1.38 bits per heavy atom. The minimum atomic E-state index is -0.249. The van der Waals surface area contributed by atoms with Crippen molar-refractivity contribution >= 4 is 17.5 Å². The van der Waals surface area contributed by atoms with E-state index in [9.17, 15) is 9.18 Å². The second kappa shape index (κ2) is 6.32. The summed E-state index contributed by atoms with van der Waals surface area (Å²) in [5, 5.41) is 3.53. The number of nitrogens with zero attached hydrogens (tertiary/aromatic N) is 1. The van der Waals surface area contributed by atoms with Crippen LogP contribution in [0.4, 0.5) is 4.39 Å². The van der Waals surface area contributed by atoms with Crippen molar-refractivity contribution in [3.63, 3.8) is 0 Å². The van der Waals surface area contributed by atoms with Crippen LogP contribution in [0.5, 0.6) is 0 Å². The van der Waals surface area contributed by atoms with Crippen LogP contribution < -0.4 is 5.32 Å². The second-order valence-corrected chi connectivity index (χ2v) is 6.44. The van der Waals surface area contributed by atoms with Crippen molar-refractivity contribution in [2.45, 2.75) is 38.3 Å². The fraction of sp³-hybridized carbons (Fsp3) is 0.562. The van der Waals surface area contributed by atoms with Crippen LogP contribution in [0.25, 0.3) is 0 Å². The van der Waals surface area contributed by atoms with E-state index in [4.69, 9.17) is 11.6 Å². The summed E-state index contributed by atoms with van der Waals surface area (Å²) in [5.74, 6) is 0.264. The minimum Gasteiger partial charge on any atom is -0.356 e. The van der Waals surface area contributed by atoms with Crippen molar-refractivity contribution in [1.29, 1.82) is 0 Å². The first-order valence-corrected chi connectivity index (χ1v) is 7.96. The van der Waals surface area contributed by atoms with E-state index in [0.717, 1.165) is 31.5 Å². The van der Waals surface area contributed by atoms with Gasteiger partial charge in [0.25, 0.3) is 0 Å². The summed E-state index contributed by atoms with van der Waals surface area (Å²) < 4.78 is 13.4. The van der Waals surface area contributed by atoms with Crippen LogP contribution in [-0.4, -0.2) is 29.9 Å². The van der Waals surface area contributed by atoms with Crippen molar-refractivity contribution in [2.24, 2.45) is 5.92 Å². The van der Waals surface area contributed by atoms with Crippen LogP contribution in [0, 0.1) is 11.7 Å². The molecule has 2 aliphatic rings. The van der Waals surface area contributed by atoms with Gasteiger partial charge in [0.2, 0.25) is 5.91 Å². The number of carbonyl (C=O) groups is 1. The van der Waals surface area contributed by atoms with E-state index in [0.29, 0.717) is 29.9 Å². The number of likely N-dealkylation sites (tertiary alicyclic amines) is 1. The third-order valence-electron chi connectivity index (χ3n) is 4.60. The van der Waals surface area contributed by atoms with Crippen LogP contribution in [-0.2, 0) is 11.3 Å². The number of carbonyl (C=O) groups excluding carboxylic acids is 1. The summed E-state index contributed by atoms with van der Waals surface area (Å²) >= 11 is 6.19. The first kappa shape index (κ1) is 14.8. The van der Waals surface area contributed by atoms with E-state index in [1.807, 2.05) is 0 Å². The summed E-state index contributed by atoms with van der Waals surface area (Å²) in [7, 11) is 0. The summed E-state index contributed by atoms with van der Waals surface area (Å²) in [6.07, 6.45) is 4.06. The smallest absolute Gasteiger partial charge is 0.220 e. The molecule has 2 aliphatic heterocycles. The first-order chi connectivity index (χ1) is 10.1. The lowest BCUT2D eigenvalue weighted by atomic mass is 9.89. The topological polar surface area (TPSA) is 32.3 Å². The Morgan fingerprint density at radius 3 is 3.00 bits per heavy atom. The van der Waals surface area contributed by atoms with Crippen molar-refractivity contribution in [3.05, 3.63) is 34.6 Å². The van der Waals surface area contributed by atoms with E-state index in [1.54, 1.807) is 6.07 Å². The number of halogens is 2. The van der Waals surface area contributed by atoms with E-state index < -0.39 is 0 Å². The number of piperidine rings is 1. The fourth-order valence-corrected chi connectivity index (χ4v) is 3.71. The molecule has 2 atom stereocenters. The van der Waals surface area contributed by atoms with Gasteiger partial charge in [0.1, 0.15) is 5.82 Å². The molecule has 5 heteroatoms. The molecule has 1 N–H and O–H groups in total. The van der Waals surface area contributed by atoms with E-state index >= 15 is 0 Å². The highest BCUT2D eigenvalue weighted by Gasteiger charge is 2.34. The standard InChI is InChI=1S/C16H20ClFN2O/c17-14-5-4-13(18)7-12(14)10-20-6-2-1-3-15(20)11-8-16(21)19-9-11/h4-5,7,11,15H,1-3,6,8-10H2,(H,19,21)/t11-,15+/m1/s1. The lowest BCUT2D eigenvalue weighted by Crippen LogP contribution is -2.44. The van der Waals surface area contributed by atoms with Crippen LogP contribution in [0.3, 0.4) is 0 Å². The Bertz CT molecular complexity index is 537. The fourth-order valence-electron chi connectivity index (χ4n) is 3.53. The molecule has 0 spiro atoms. The third-order valence-corrected chi connectivity index (χ3v) is 4.97. The lowest BCUT2D eigenvalue weighted by Gasteiger charge is -2.39. The van der Waals surface area contributed by atoms with Crippen molar-refractivity contribution < 1.29 is 9.18 Å². The summed E-state index contributed by atoms with van der Waals surface area (Å²) in [6.45, 7) is 2.41. The molecule has 1 aromatic carbocycles. The number of rotatable bonds is 3. The Balaban J connectivity index is 1.75. The molecular weight excluding hydrogens is 291 g/mol. The van der Waals surface area contributed by atoms with Gasteiger partial charge in [-0.25, -0.2) is 4.39 Å². The Hall–Kier alpha value is -1.13. The Morgan fingerprint density at radius 2 is 2.24 bits per heavy atom. The second-order valence-electron chi connectivity index (χ2n) is 6.04. The number of nitrogens with one attached hydrogen (secondary N) is 1. The number of benzene rings is 1. The molecule has 114 valence electrons. The molecule has 0 saturated carbocycles. The molecule has 2 saturated heterocycles. The largest absolute Gasteiger partial charge is 0.356 e. The number of hydrogen-bond acceptors (Lipinski definition) is 2. The molecular formula is C16H20ClFN2O. The molecule has 2 fully saturated rings. The number of hydrogen-bond donors (Lipinski definition) is 1. The Kier molecular flexibility index (Phi) is 4.45. The van der Waals surface area contributed by atoms with Gasteiger partial charge in [-0.2, -0.15) is 0 Å². The van der Waals surface area contributed by atoms with Crippen molar-refractivity contribution in [3.8, 4) is 0 Å². The van der Waals surface area contributed by atoms with Gasteiger partial charge in [0, 0.05) is 36.5 Å². The molecule has 21 heavy (non-hydrogen) atoms. The molecule has 0 aromatic heterocycles. The molecule has 0 bridgehead atoms. The summed E-state index contributed by atoms with van der Waals surface area (Å²) in [5.41, 5.74) is 0.834. The monoisotopic (exact) mass is 310 g/mol. The maximum Gasteiger partial charge on any atom is 0.220 e. The van der Waals surface area contributed by atoms with Crippen LogP contribution in [0.1, 0.15) is 31.2 Å². The predicted molar refractivity (Wildman–Crippen MR) is 80.6 cm³/mol. The molecule has 0 aliphatic carbocycles. The highest BCUT2D eigenvalue weighted by atomic mass is 35.5. The van der Waals surface area contributed by atoms with Gasteiger partial charge in [-0.1, -0.05) is 18.0 Å². The molecule has 1 aromatic rings. The van der Waals surface area contributed by atoms with Crippen molar-refractivity contribution in [1.82, 2.24) is 10.2 Å². The van der Waals surface area contributed by atoms with Crippen molar-refractivity contribution in [2.75, 3.05) is 13.1 Å². The zero-order valence-corrected chi connectivity index (χ0v) is 12.7. The van der Waals surface area contributed by atoms with Gasteiger partial charge in [0.05, 0.1) is 0 Å². The predicted octanol–water partition coefficient (Wildman–Crippen LogP) is 2.97. The van der Waals surface area contributed by atoms with Gasteiger partial charge < -0.3 is 5.32 Å². The molecule has 3 nitrogen and oxygen atoms in total. The number of amides is 1. The summed E-state index contributed by atoms with van der Waals surface area (Å²) in [6, 6.07) is 4.91. The zero-order chi connectivity index (χ0) is 14.8. The third kappa shape index (κ3) is 3.38. The van der Waals surface area contributed by atoms with E-state index in [-0.39, 0.29) is 11.7 Å². The normalized spacial score (nSPS) is 26.9. The van der Waals surface area contributed by atoms with E-state index in [2.05, 4.69) is 10.2 Å². The SMILES string of the molecule is O=C1C[C@@H]([C@@H]2CCCCN2Cc2cc(F)ccc2Cl)CN1. The zero-order valence-electron chi connectivity index (χ0n) is 11.9. The van der Waals surface area contributed by atoms with Gasteiger partial charge in [0.15, 0.2) is 0 Å². The summed E-state index contributed by atoms with van der Waals surface area (Å²) in [4.78, 5) is 13.8. The molecule has 3 rings (SSSR count). The maximum atomic E-state index is 13.4. The highest BCUT2D eigenvalue weighted by molar-refractivity contribution is 6.31.